The second kappa shape index (κ2) is 13.8. The van der Waals surface area contributed by atoms with Gasteiger partial charge in [-0.2, -0.15) is 0 Å². The molecule has 0 bridgehead atoms. The molecule has 0 aliphatic carbocycles. The number of nitrogens with zero attached hydrogens (tertiary/aromatic N) is 3. The van der Waals surface area contributed by atoms with Crippen LogP contribution in [0.2, 0.25) is 0 Å². The van der Waals surface area contributed by atoms with Gasteiger partial charge in [0.1, 0.15) is 0 Å². The molecular weight excluding hydrogens is 711 g/mol. The lowest BCUT2D eigenvalue weighted by molar-refractivity contribution is 1.08. The molecule has 0 radical (unpaired) electrons. The normalized spacial score (nSPS) is 11.5. The van der Waals surface area contributed by atoms with Crippen LogP contribution in [0.5, 0.6) is 0 Å². The van der Waals surface area contributed by atoms with Crippen molar-refractivity contribution in [1.29, 1.82) is 0 Å². The lowest BCUT2D eigenvalue weighted by Crippen LogP contribution is -2.00. The molecule has 0 aliphatic heterocycles. The van der Waals surface area contributed by atoms with Gasteiger partial charge in [-0.25, -0.2) is 15.0 Å². The Labute approximate surface area is 334 Å². The summed E-state index contributed by atoms with van der Waals surface area (Å²) in [6.07, 6.45) is 0. The molecule has 4 heteroatoms. The summed E-state index contributed by atoms with van der Waals surface area (Å²) in [5.41, 5.74) is 10.1. The van der Waals surface area contributed by atoms with Gasteiger partial charge >= 0.3 is 0 Å². The van der Waals surface area contributed by atoms with Crippen LogP contribution in [0.25, 0.3) is 109 Å². The third kappa shape index (κ3) is 5.95. The maximum Gasteiger partial charge on any atom is 0.164 e. The molecule has 266 valence electrons. The molecule has 0 spiro atoms. The van der Waals surface area contributed by atoms with E-state index in [-0.39, 0.29) is 0 Å². The van der Waals surface area contributed by atoms with Crippen molar-refractivity contribution in [2.45, 2.75) is 0 Å². The molecule has 0 saturated heterocycles. The van der Waals surface area contributed by atoms with E-state index in [2.05, 4.69) is 164 Å². The Morgan fingerprint density at radius 2 is 0.807 bits per heavy atom. The smallest absolute Gasteiger partial charge is 0.164 e. The largest absolute Gasteiger partial charge is 0.208 e. The van der Waals surface area contributed by atoms with Gasteiger partial charge in [-0.3, -0.25) is 0 Å². The maximum absolute atomic E-state index is 5.10. The molecule has 3 nitrogen and oxygen atoms in total. The predicted molar refractivity (Wildman–Crippen MR) is 240 cm³/mol. The molecule has 0 amide bonds. The highest BCUT2D eigenvalue weighted by Gasteiger charge is 2.18. The molecule has 57 heavy (non-hydrogen) atoms. The Hall–Kier alpha value is -7.27. The fourth-order valence-corrected chi connectivity index (χ4v) is 9.27. The van der Waals surface area contributed by atoms with Gasteiger partial charge in [0.15, 0.2) is 17.5 Å². The van der Waals surface area contributed by atoms with Crippen LogP contribution in [0.1, 0.15) is 0 Å². The summed E-state index contributed by atoms with van der Waals surface area (Å²) in [6.45, 7) is 0. The molecule has 2 heterocycles. The molecule has 0 atom stereocenters. The molecule has 9 aromatic carbocycles. The van der Waals surface area contributed by atoms with E-state index in [9.17, 15) is 0 Å². The fourth-order valence-electron chi connectivity index (χ4n) is 8.16. The molecule has 2 aromatic heterocycles. The van der Waals surface area contributed by atoms with Crippen LogP contribution in [0, 0.1) is 0 Å². The molecule has 0 fully saturated rings. The average Bonchev–Trinajstić information content (AvgIpc) is 3.68. The molecule has 11 aromatic rings. The summed E-state index contributed by atoms with van der Waals surface area (Å²) in [4.78, 5) is 15.2. The molecule has 0 N–H and O–H groups in total. The van der Waals surface area contributed by atoms with E-state index in [1.54, 1.807) is 11.3 Å². The first-order chi connectivity index (χ1) is 28.2. The molecular formula is C53H33N3S. The van der Waals surface area contributed by atoms with Gasteiger partial charge < -0.3 is 0 Å². The lowest BCUT2D eigenvalue weighted by atomic mass is 9.91. The SMILES string of the molecule is c1ccc(-c2nc(-c3ccccc3)nc(-c3cccc4sc5ccc(-c6cccc(-c7cccc(-c8cc9ccccc9c9ccccc89)c7)c6)cc5c34)n2)cc1. The second-order valence-corrected chi connectivity index (χ2v) is 15.5. The molecule has 0 aliphatic rings. The van der Waals surface area contributed by atoms with Gasteiger partial charge in [0.05, 0.1) is 0 Å². The standard InChI is InChI=1S/C53H33N3S/c1-3-14-34(15-4-1)51-54-52(35-16-5-2-6-17-35)56-53(55-51)45-26-13-27-49-50(45)47-32-39(28-29-48(47)57-49)37-20-11-19-36(30-37)38-21-12-22-40(31-38)46-33-41-18-7-8-23-42(41)43-24-9-10-25-44(43)46/h1-33H. The van der Waals surface area contributed by atoms with Gasteiger partial charge in [-0.05, 0) is 91.3 Å². The summed E-state index contributed by atoms with van der Waals surface area (Å²) in [5.74, 6) is 1.98. The Balaban J connectivity index is 1.02. The lowest BCUT2D eigenvalue weighted by Gasteiger charge is -2.13. The minimum Gasteiger partial charge on any atom is -0.208 e. The van der Waals surface area contributed by atoms with Gasteiger partial charge in [-0.1, -0.05) is 164 Å². The van der Waals surface area contributed by atoms with Crippen LogP contribution < -0.4 is 0 Å². The molecule has 11 rings (SSSR count). The quantitative estimate of drug-likeness (QED) is 0.159. The van der Waals surface area contributed by atoms with Crippen molar-refractivity contribution in [3.8, 4) is 67.5 Å². The van der Waals surface area contributed by atoms with Gasteiger partial charge in [-0.15, -0.1) is 11.3 Å². The van der Waals surface area contributed by atoms with Crippen molar-refractivity contribution in [3.05, 3.63) is 200 Å². The first-order valence-electron chi connectivity index (χ1n) is 19.2. The van der Waals surface area contributed by atoms with Crippen molar-refractivity contribution in [3.63, 3.8) is 0 Å². The minimum absolute atomic E-state index is 0.659. The highest BCUT2D eigenvalue weighted by atomic mass is 32.1. The van der Waals surface area contributed by atoms with Crippen molar-refractivity contribution >= 4 is 53.1 Å². The van der Waals surface area contributed by atoms with Crippen LogP contribution in [-0.4, -0.2) is 15.0 Å². The Kier molecular flexibility index (Phi) is 8.01. The average molecular weight is 744 g/mol. The third-order valence-electron chi connectivity index (χ3n) is 10.9. The van der Waals surface area contributed by atoms with Gasteiger partial charge in [0, 0.05) is 36.9 Å². The summed E-state index contributed by atoms with van der Waals surface area (Å²) in [7, 11) is 0. The van der Waals surface area contributed by atoms with E-state index in [1.807, 2.05) is 36.4 Å². The van der Waals surface area contributed by atoms with Crippen molar-refractivity contribution < 1.29 is 0 Å². The van der Waals surface area contributed by atoms with Crippen LogP contribution >= 0.6 is 11.3 Å². The van der Waals surface area contributed by atoms with Gasteiger partial charge in [0.2, 0.25) is 0 Å². The minimum atomic E-state index is 0.659. The number of hydrogen-bond donors (Lipinski definition) is 0. The zero-order chi connectivity index (χ0) is 37.7. The van der Waals surface area contributed by atoms with Crippen LogP contribution in [0.4, 0.5) is 0 Å². The Morgan fingerprint density at radius 1 is 0.281 bits per heavy atom. The Bertz CT molecular complexity index is 3240. The maximum atomic E-state index is 5.10. The Morgan fingerprint density at radius 3 is 1.51 bits per heavy atom. The predicted octanol–water partition coefficient (Wildman–Crippen LogP) is 14.5. The van der Waals surface area contributed by atoms with Crippen molar-refractivity contribution in [2.24, 2.45) is 0 Å². The zero-order valence-electron chi connectivity index (χ0n) is 30.8. The summed E-state index contributed by atoms with van der Waals surface area (Å²) < 4.78 is 2.43. The second-order valence-electron chi connectivity index (χ2n) is 14.4. The number of benzene rings is 9. The van der Waals surface area contributed by atoms with E-state index in [1.165, 1.54) is 69.7 Å². The van der Waals surface area contributed by atoms with E-state index in [0.717, 1.165) is 22.1 Å². The van der Waals surface area contributed by atoms with E-state index < -0.39 is 0 Å². The van der Waals surface area contributed by atoms with E-state index >= 15 is 0 Å². The summed E-state index contributed by atoms with van der Waals surface area (Å²) >= 11 is 1.81. The topological polar surface area (TPSA) is 38.7 Å². The third-order valence-corrected chi connectivity index (χ3v) is 12.0. The first-order valence-corrected chi connectivity index (χ1v) is 20.0. The van der Waals surface area contributed by atoms with Crippen LogP contribution in [-0.2, 0) is 0 Å². The number of aromatic nitrogens is 3. The van der Waals surface area contributed by atoms with Crippen LogP contribution in [0.3, 0.4) is 0 Å². The number of fused-ring (bicyclic) bond motifs is 6. The van der Waals surface area contributed by atoms with Gasteiger partial charge in [0.25, 0.3) is 0 Å². The molecule has 0 saturated carbocycles. The number of hydrogen-bond acceptors (Lipinski definition) is 4. The monoisotopic (exact) mass is 743 g/mol. The van der Waals surface area contributed by atoms with E-state index in [0.29, 0.717) is 17.5 Å². The summed E-state index contributed by atoms with van der Waals surface area (Å²) in [6, 6.07) is 71.3. The first kappa shape index (κ1) is 33.1. The fraction of sp³-hybridized carbons (Fsp3) is 0. The highest BCUT2D eigenvalue weighted by Crippen LogP contribution is 2.42. The van der Waals surface area contributed by atoms with Crippen molar-refractivity contribution in [2.75, 3.05) is 0 Å². The number of thiophene rings is 1. The highest BCUT2D eigenvalue weighted by molar-refractivity contribution is 7.26. The number of rotatable bonds is 6. The van der Waals surface area contributed by atoms with Crippen LogP contribution in [0.15, 0.2) is 200 Å². The zero-order valence-corrected chi connectivity index (χ0v) is 31.6. The van der Waals surface area contributed by atoms with E-state index in [4.69, 9.17) is 15.0 Å². The van der Waals surface area contributed by atoms with Crippen molar-refractivity contribution in [1.82, 2.24) is 15.0 Å². The molecule has 0 unspecified atom stereocenters. The summed E-state index contributed by atoms with van der Waals surface area (Å²) in [5, 5.41) is 7.44.